The summed E-state index contributed by atoms with van der Waals surface area (Å²) in [6.07, 6.45) is 0. The molecule has 0 bridgehead atoms. The van der Waals surface area contributed by atoms with Crippen molar-refractivity contribution < 1.29 is 19.0 Å². The van der Waals surface area contributed by atoms with Gasteiger partial charge in [0.1, 0.15) is 13.4 Å². The van der Waals surface area contributed by atoms with Gasteiger partial charge in [-0.1, -0.05) is 30.3 Å². The van der Waals surface area contributed by atoms with E-state index in [1.165, 1.54) is 0 Å². The van der Waals surface area contributed by atoms with Crippen molar-refractivity contribution in [1.29, 1.82) is 0 Å². The third kappa shape index (κ3) is 5.02. The topological polar surface area (TPSA) is 44.8 Å². The highest BCUT2D eigenvalue weighted by Crippen LogP contribution is 1.99. The van der Waals surface area contributed by atoms with E-state index in [-0.39, 0.29) is 19.2 Å². The van der Waals surface area contributed by atoms with Gasteiger partial charge in [0.2, 0.25) is 0 Å². The van der Waals surface area contributed by atoms with Crippen LogP contribution in [0.3, 0.4) is 0 Å². The second-order valence-corrected chi connectivity index (χ2v) is 3.16. The number of ether oxygens (including phenoxy) is 3. The predicted molar refractivity (Wildman–Crippen MR) is 59.4 cm³/mol. The van der Waals surface area contributed by atoms with Crippen molar-refractivity contribution in [3.05, 3.63) is 35.9 Å². The third-order valence-corrected chi connectivity index (χ3v) is 1.93. The smallest absolute Gasteiger partial charge is 0.188 e. The number of ketones is 1. The Labute approximate surface area is 95.1 Å². The maximum Gasteiger partial charge on any atom is 0.188 e. The summed E-state index contributed by atoms with van der Waals surface area (Å²) in [7, 11) is 1.60. The average molecular weight is 224 g/mol. The molecule has 1 rings (SSSR count). The maximum absolute atomic E-state index is 11.5. The molecular formula is C12H16O4. The summed E-state index contributed by atoms with van der Waals surface area (Å²) >= 11 is 0. The van der Waals surface area contributed by atoms with Gasteiger partial charge in [0, 0.05) is 12.7 Å². The predicted octanol–water partition coefficient (Wildman–Crippen LogP) is 1.51. The highest BCUT2D eigenvalue weighted by atomic mass is 16.7. The monoisotopic (exact) mass is 224 g/mol. The van der Waals surface area contributed by atoms with E-state index in [0.29, 0.717) is 18.8 Å². The molecule has 4 heteroatoms. The van der Waals surface area contributed by atoms with E-state index in [4.69, 9.17) is 14.2 Å². The molecule has 1 aromatic rings. The Morgan fingerprint density at radius 2 is 1.88 bits per heavy atom. The Kier molecular flexibility index (Phi) is 6.41. The van der Waals surface area contributed by atoms with Gasteiger partial charge in [0.15, 0.2) is 5.78 Å². The molecule has 0 amide bonds. The van der Waals surface area contributed by atoms with Crippen LogP contribution >= 0.6 is 0 Å². The summed E-state index contributed by atoms with van der Waals surface area (Å²) in [6.45, 7) is 1.14. The second kappa shape index (κ2) is 7.98. The minimum absolute atomic E-state index is 0.0387. The van der Waals surface area contributed by atoms with Crippen LogP contribution in [0.5, 0.6) is 0 Å². The molecule has 0 aliphatic heterocycles. The molecule has 0 aliphatic carbocycles. The van der Waals surface area contributed by atoms with Crippen LogP contribution in [0, 0.1) is 0 Å². The van der Waals surface area contributed by atoms with Crippen LogP contribution in [0.1, 0.15) is 10.4 Å². The van der Waals surface area contributed by atoms with Crippen LogP contribution in [-0.2, 0) is 14.2 Å². The largest absolute Gasteiger partial charge is 0.382 e. The zero-order valence-corrected chi connectivity index (χ0v) is 9.35. The zero-order valence-electron chi connectivity index (χ0n) is 9.35. The number of carbonyl (C=O) groups excluding carboxylic acids is 1. The summed E-state index contributed by atoms with van der Waals surface area (Å²) in [4.78, 5) is 11.5. The fraction of sp³-hybridized carbons (Fsp3) is 0.417. The van der Waals surface area contributed by atoms with Crippen molar-refractivity contribution in [3.63, 3.8) is 0 Å². The molecule has 88 valence electrons. The molecule has 0 aromatic heterocycles. The van der Waals surface area contributed by atoms with Crippen molar-refractivity contribution in [2.45, 2.75) is 0 Å². The van der Waals surface area contributed by atoms with E-state index >= 15 is 0 Å². The second-order valence-electron chi connectivity index (χ2n) is 3.16. The number of benzene rings is 1. The standard InChI is InChI=1S/C12H16O4/c1-14-7-8-15-10-16-9-12(13)11-5-3-2-4-6-11/h2-6H,7-10H2,1H3. The fourth-order valence-corrected chi connectivity index (χ4v) is 1.10. The molecule has 1 aromatic carbocycles. The van der Waals surface area contributed by atoms with Gasteiger partial charge < -0.3 is 14.2 Å². The van der Waals surface area contributed by atoms with Crippen LogP contribution in [-0.4, -0.2) is 39.5 Å². The molecule has 0 fully saturated rings. The molecule has 0 heterocycles. The van der Waals surface area contributed by atoms with Gasteiger partial charge in [-0.2, -0.15) is 0 Å². The lowest BCUT2D eigenvalue weighted by molar-refractivity contribution is -0.0592. The Hall–Kier alpha value is -1.23. The van der Waals surface area contributed by atoms with E-state index in [9.17, 15) is 4.79 Å². The average Bonchev–Trinajstić information content (AvgIpc) is 2.34. The molecule has 0 atom stereocenters. The summed E-state index contributed by atoms with van der Waals surface area (Å²) < 4.78 is 14.9. The Bertz CT molecular complexity index is 297. The molecule has 16 heavy (non-hydrogen) atoms. The Morgan fingerprint density at radius 3 is 2.56 bits per heavy atom. The number of hydrogen-bond acceptors (Lipinski definition) is 4. The van der Waals surface area contributed by atoms with E-state index in [0.717, 1.165) is 0 Å². The number of hydrogen-bond donors (Lipinski definition) is 0. The highest BCUT2D eigenvalue weighted by Gasteiger charge is 2.04. The molecule has 0 aliphatic rings. The van der Waals surface area contributed by atoms with Crippen molar-refractivity contribution in [2.75, 3.05) is 33.7 Å². The van der Waals surface area contributed by atoms with E-state index in [2.05, 4.69) is 0 Å². The maximum atomic E-state index is 11.5. The van der Waals surface area contributed by atoms with Gasteiger partial charge in [-0.3, -0.25) is 4.79 Å². The molecule has 0 saturated carbocycles. The third-order valence-electron chi connectivity index (χ3n) is 1.93. The lowest BCUT2D eigenvalue weighted by atomic mass is 10.1. The Balaban J connectivity index is 2.12. The van der Waals surface area contributed by atoms with Gasteiger partial charge in [0.25, 0.3) is 0 Å². The number of Topliss-reactive ketones (excluding diaryl/α,β-unsaturated/α-hetero) is 1. The van der Waals surface area contributed by atoms with Crippen LogP contribution in [0.25, 0.3) is 0 Å². The van der Waals surface area contributed by atoms with Crippen LogP contribution in [0.2, 0.25) is 0 Å². The first-order chi connectivity index (χ1) is 7.84. The number of rotatable bonds is 8. The molecule has 0 spiro atoms. The summed E-state index contributed by atoms with van der Waals surface area (Å²) in [5.74, 6) is -0.0454. The molecular weight excluding hydrogens is 208 g/mol. The molecule has 0 N–H and O–H groups in total. The first-order valence-corrected chi connectivity index (χ1v) is 5.07. The summed E-state index contributed by atoms with van der Waals surface area (Å²) in [5.41, 5.74) is 0.652. The van der Waals surface area contributed by atoms with E-state index in [1.54, 1.807) is 19.2 Å². The number of carbonyl (C=O) groups is 1. The van der Waals surface area contributed by atoms with Crippen molar-refractivity contribution in [1.82, 2.24) is 0 Å². The normalized spacial score (nSPS) is 10.3. The van der Waals surface area contributed by atoms with Gasteiger partial charge >= 0.3 is 0 Å². The molecule has 0 radical (unpaired) electrons. The Morgan fingerprint density at radius 1 is 1.12 bits per heavy atom. The van der Waals surface area contributed by atoms with Gasteiger partial charge in [-0.05, 0) is 0 Å². The van der Waals surface area contributed by atoms with Crippen LogP contribution in [0.15, 0.2) is 30.3 Å². The van der Waals surface area contributed by atoms with Crippen LogP contribution in [0.4, 0.5) is 0 Å². The highest BCUT2D eigenvalue weighted by molar-refractivity contribution is 5.96. The van der Waals surface area contributed by atoms with Crippen molar-refractivity contribution in [2.24, 2.45) is 0 Å². The first kappa shape index (κ1) is 12.8. The fourth-order valence-electron chi connectivity index (χ4n) is 1.10. The first-order valence-electron chi connectivity index (χ1n) is 5.07. The number of methoxy groups -OCH3 is 1. The molecule has 4 nitrogen and oxygen atoms in total. The van der Waals surface area contributed by atoms with E-state index in [1.807, 2.05) is 18.2 Å². The van der Waals surface area contributed by atoms with Crippen LogP contribution < -0.4 is 0 Å². The molecule has 0 saturated heterocycles. The quantitative estimate of drug-likeness (QED) is 0.381. The SMILES string of the molecule is COCCOCOCC(=O)c1ccccc1. The molecule has 0 unspecified atom stereocenters. The lowest BCUT2D eigenvalue weighted by Crippen LogP contribution is -2.12. The lowest BCUT2D eigenvalue weighted by Gasteiger charge is -2.04. The minimum Gasteiger partial charge on any atom is -0.382 e. The summed E-state index contributed by atoms with van der Waals surface area (Å²) in [5, 5.41) is 0. The van der Waals surface area contributed by atoms with Gasteiger partial charge in [-0.25, -0.2) is 0 Å². The minimum atomic E-state index is -0.0454. The summed E-state index contributed by atoms with van der Waals surface area (Å²) in [6, 6.07) is 9.03. The van der Waals surface area contributed by atoms with Gasteiger partial charge in [0.05, 0.1) is 13.2 Å². The van der Waals surface area contributed by atoms with Crippen molar-refractivity contribution in [3.8, 4) is 0 Å². The zero-order chi connectivity index (χ0) is 11.6. The van der Waals surface area contributed by atoms with Gasteiger partial charge in [-0.15, -0.1) is 0 Å². The van der Waals surface area contributed by atoms with E-state index < -0.39 is 0 Å². The van der Waals surface area contributed by atoms with Crippen molar-refractivity contribution >= 4 is 5.78 Å².